The second-order valence-corrected chi connectivity index (χ2v) is 3.87. The Morgan fingerprint density at radius 2 is 2.14 bits per heavy atom. The maximum atomic E-state index is 11.5. The van der Waals surface area contributed by atoms with Crippen LogP contribution in [0.4, 0.5) is 0 Å². The van der Waals surface area contributed by atoms with Crippen LogP contribution in [0.2, 0.25) is 0 Å². The number of rotatable bonds is 4. The van der Waals surface area contributed by atoms with Gasteiger partial charge in [-0.15, -0.1) is 0 Å². The van der Waals surface area contributed by atoms with Crippen molar-refractivity contribution in [2.24, 2.45) is 0 Å². The van der Waals surface area contributed by atoms with Crippen LogP contribution >= 0.6 is 0 Å². The number of hydrogen-bond acceptors (Lipinski definition) is 1. The molecule has 1 rings (SSSR count). The normalized spacial score (nSPS) is 13.1. The second kappa shape index (κ2) is 4.99. The van der Waals surface area contributed by atoms with Gasteiger partial charge in [-0.3, -0.25) is 0 Å². The number of aromatic nitrogens is 1. The highest BCUT2D eigenvalue weighted by atomic mass is 16.5. The van der Waals surface area contributed by atoms with Gasteiger partial charge in [0.25, 0.3) is 0 Å². The SMILES string of the molecule is CCCC([C](C)C)c1cccc[n+]1[O-]. The van der Waals surface area contributed by atoms with Crippen LogP contribution in [0.15, 0.2) is 24.4 Å². The van der Waals surface area contributed by atoms with Gasteiger partial charge in [0.05, 0.1) is 5.92 Å². The monoisotopic (exact) mass is 192 g/mol. The van der Waals surface area contributed by atoms with Crippen LogP contribution < -0.4 is 4.73 Å². The van der Waals surface area contributed by atoms with Gasteiger partial charge in [0.2, 0.25) is 0 Å². The van der Waals surface area contributed by atoms with Gasteiger partial charge < -0.3 is 5.21 Å². The van der Waals surface area contributed by atoms with Crippen molar-refractivity contribution in [3.05, 3.63) is 41.2 Å². The first-order valence-corrected chi connectivity index (χ1v) is 5.15. The summed E-state index contributed by atoms with van der Waals surface area (Å²) in [6.45, 7) is 6.33. The van der Waals surface area contributed by atoms with Crippen LogP contribution in [0, 0.1) is 11.1 Å². The lowest BCUT2D eigenvalue weighted by Gasteiger charge is -2.18. The average molecular weight is 192 g/mol. The van der Waals surface area contributed by atoms with Gasteiger partial charge >= 0.3 is 0 Å². The lowest BCUT2D eigenvalue weighted by atomic mass is 9.88. The standard InChI is InChI=1S/C12H18NO/c1-4-7-11(10(2)3)12-8-5-6-9-13(12)14/h5-6,8-9,11H,4,7H2,1-3H3. The Labute approximate surface area is 86.2 Å². The minimum absolute atomic E-state index is 0.304. The van der Waals surface area contributed by atoms with Crippen molar-refractivity contribution in [3.8, 4) is 0 Å². The lowest BCUT2D eigenvalue weighted by molar-refractivity contribution is -0.615. The predicted octanol–water partition coefficient (Wildman–Crippen LogP) is 2.82. The highest BCUT2D eigenvalue weighted by Crippen LogP contribution is 2.27. The molecule has 1 unspecified atom stereocenters. The van der Waals surface area contributed by atoms with E-state index in [0.717, 1.165) is 23.3 Å². The Hall–Kier alpha value is -1.05. The quantitative estimate of drug-likeness (QED) is 0.532. The summed E-state index contributed by atoms with van der Waals surface area (Å²) >= 11 is 0. The Balaban J connectivity index is 2.93. The largest absolute Gasteiger partial charge is 0.618 e. The maximum Gasteiger partial charge on any atom is 0.196 e. The molecule has 0 aromatic carbocycles. The number of hydrogen-bond donors (Lipinski definition) is 0. The molecule has 1 aromatic heterocycles. The Bertz CT molecular complexity index is 283. The van der Waals surface area contributed by atoms with E-state index in [1.165, 1.54) is 5.92 Å². The van der Waals surface area contributed by atoms with E-state index in [2.05, 4.69) is 20.8 Å². The van der Waals surface area contributed by atoms with E-state index in [1.54, 1.807) is 12.3 Å². The molecule has 0 bridgehead atoms. The van der Waals surface area contributed by atoms with Gasteiger partial charge in [-0.2, -0.15) is 4.73 Å². The van der Waals surface area contributed by atoms with Gasteiger partial charge in [0.15, 0.2) is 11.9 Å². The van der Waals surface area contributed by atoms with E-state index < -0.39 is 0 Å². The molecule has 0 aliphatic heterocycles. The zero-order valence-corrected chi connectivity index (χ0v) is 9.16. The van der Waals surface area contributed by atoms with E-state index in [4.69, 9.17) is 0 Å². The molecule has 14 heavy (non-hydrogen) atoms. The summed E-state index contributed by atoms with van der Waals surface area (Å²) in [5.41, 5.74) is 0.870. The number of pyridine rings is 1. The van der Waals surface area contributed by atoms with Gasteiger partial charge in [-0.25, -0.2) is 0 Å². The van der Waals surface area contributed by atoms with Crippen molar-refractivity contribution < 1.29 is 4.73 Å². The van der Waals surface area contributed by atoms with E-state index in [1.807, 2.05) is 12.1 Å². The molecule has 0 aliphatic rings. The van der Waals surface area contributed by atoms with E-state index in [0.29, 0.717) is 5.92 Å². The molecule has 0 amide bonds. The fraction of sp³-hybridized carbons (Fsp3) is 0.500. The smallest absolute Gasteiger partial charge is 0.196 e. The molecule has 0 saturated heterocycles. The Morgan fingerprint density at radius 1 is 1.43 bits per heavy atom. The first-order chi connectivity index (χ1) is 6.66. The molecule has 0 aliphatic carbocycles. The molecule has 77 valence electrons. The highest BCUT2D eigenvalue weighted by Gasteiger charge is 2.21. The van der Waals surface area contributed by atoms with Gasteiger partial charge in [0, 0.05) is 12.1 Å². The fourth-order valence-electron chi connectivity index (χ4n) is 1.73. The Kier molecular flexibility index (Phi) is 3.93. The minimum atomic E-state index is 0.304. The molecule has 0 fully saturated rings. The van der Waals surface area contributed by atoms with Gasteiger partial charge in [-0.1, -0.05) is 33.3 Å². The minimum Gasteiger partial charge on any atom is -0.618 e. The van der Waals surface area contributed by atoms with Crippen LogP contribution in [-0.2, 0) is 0 Å². The molecular weight excluding hydrogens is 174 g/mol. The molecule has 1 radical (unpaired) electrons. The van der Waals surface area contributed by atoms with E-state index >= 15 is 0 Å². The summed E-state index contributed by atoms with van der Waals surface area (Å²) in [6.07, 6.45) is 3.72. The van der Waals surface area contributed by atoms with Crippen molar-refractivity contribution >= 4 is 0 Å². The van der Waals surface area contributed by atoms with Gasteiger partial charge in [0.1, 0.15) is 0 Å². The van der Waals surface area contributed by atoms with Crippen molar-refractivity contribution in [2.75, 3.05) is 0 Å². The summed E-state index contributed by atoms with van der Waals surface area (Å²) < 4.78 is 0.979. The summed E-state index contributed by atoms with van der Waals surface area (Å²) in [5.74, 6) is 1.61. The van der Waals surface area contributed by atoms with Crippen molar-refractivity contribution in [2.45, 2.75) is 39.5 Å². The third kappa shape index (κ3) is 2.47. The maximum absolute atomic E-state index is 11.5. The first kappa shape index (κ1) is 11.0. The molecule has 0 spiro atoms. The average Bonchev–Trinajstić information content (AvgIpc) is 2.15. The molecule has 1 aromatic rings. The molecule has 0 saturated carbocycles. The fourth-order valence-corrected chi connectivity index (χ4v) is 1.73. The number of nitrogens with zero attached hydrogens (tertiary/aromatic N) is 1. The third-order valence-electron chi connectivity index (χ3n) is 2.49. The van der Waals surface area contributed by atoms with Crippen LogP contribution in [0.3, 0.4) is 0 Å². The zero-order valence-electron chi connectivity index (χ0n) is 9.16. The highest BCUT2D eigenvalue weighted by molar-refractivity contribution is 5.12. The zero-order chi connectivity index (χ0) is 10.6. The molecule has 2 nitrogen and oxygen atoms in total. The predicted molar refractivity (Wildman–Crippen MR) is 57.6 cm³/mol. The third-order valence-corrected chi connectivity index (χ3v) is 2.49. The summed E-state index contributed by atoms with van der Waals surface area (Å²) in [6, 6.07) is 5.61. The molecule has 1 atom stereocenters. The molecule has 1 heterocycles. The topological polar surface area (TPSA) is 26.9 Å². The van der Waals surface area contributed by atoms with Crippen LogP contribution in [0.25, 0.3) is 0 Å². The van der Waals surface area contributed by atoms with Crippen LogP contribution in [-0.4, -0.2) is 0 Å². The van der Waals surface area contributed by atoms with E-state index in [-0.39, 0.29) is 0 Å². The molecule has 2 heteroatoms. The Morgan fingerprint density at radius 3 is 2.64 bits per heavy atom. The van der Waals surface area contributed by atoms with E-state index in [9.17, 15) is 5.21 Å². The lowest BCUT2D eigenvalue weighted by Crippen LogP contribution is -2.33. The molecule has 0 N–H and O–H groups in total. The summed E-state index contributed by atoms with van der Waals surface area (Å²) in [4.78, 5) is 0. The first-order valence-electron chi connectivity index (χ1n) is 5.15. The van der Waals surface area contributed by atoms with Crippen molar-refractivity contribution in [1.82, 2.24) is 0 Å². The van der Waals surface area contributed by atoms with Crippen molar-refractivity contribution in [1.29, 1.82) is 0 Å². The van der Waals surface area contributed by atoms with Crippen LogP contribution in [0.5, 0.6) is 0 Å². The summed E-state index contributed by atoms with van der Waals surface area (Å²) in [7, 11) is 0. The van der Waals surface area contributed by atoms with Gasteiger partial charge in [-0.05, 0) is 12.3 Å². The molecular formula is C12H18NO. The second-order valence-electron chi connectivity index (χ2n) is 3.87. The van der Waals surface area contributed by atoms with Crippen LogP contribution in [0.1, 0.15) is 45.2 Å². The van der Waals surface area contributed by atoms with Crippen molar-refractivity contribution in [3.63, 3.8) is 0 Å². The summed E-state index contributed by atoms with van der Waals surface area (Å²) in [5, 5.41) is 11.5.